The van der Waals surface area contributed by atoms with Gasteiger partial charge in [0.25, 0.3) is 0 Å². The lowest BCUT2D eigenvalue weighted by Gasteiger charge is -2.06. The molecule has 0 saturated carbocycles. The fraction of sp³-hybridized carbons (Fsp3) is 0.357. The van der Waals surface area contributed by atoms with Crippen molar-refractivity contribution < 1.29 is 0 Å². The first-order chi connectivity index (χ1) is 7.54. The molecule has 1 unspecified atom stereocenters. The van der Waals surface area contributed by atoms with Gasteiger partial charge in [-0.25, -0.2) is 0 Å². The van der Waals surface area contributed by atoms with Crippen LogP contribution in [0, 0.1) is 6.92 Å². The molecule has 16 heavy (non-hydrogen) atoms. The highest BCUT2D eigenvalue weighted by molar-refractivity contribution is 5.83. The molecule has 1 aromatic carbocycles. The van der Waals surface area contributed by atoms with Gasteiger partial charge in [-0.15, -0.1) is 0 Å². The van der Waals surface area contributed by atoms with Gasteiger partial charge in [0.15, 0.2) is 0 Å². The van der Waals surface area contributed by atoms with Crippen molar-refractivity contribution in [2.24, 2.45) is 10.7 Å². The van der Waals surface area contributed by atoms with E-state index in [2.05, 4.69) is 36.7 Å². The van der Waals surface area contributed by atoms with E-state index >= 15 is 0 Å². The summed E-state index contributed by atoms with van der Waals surface area (Å²) in [7, 11) is 0. The molecule has 0 aliphatic heterocycles. The van der Waals surface area contributed by atoms with Crippen molar-refractivity contribution in [3.05, 3.63) is 41.5 Å². The predicted octanol–water partition coefficient (Wildman–Crippen LogP) is 3.14. The van der Waals surface area contributed by atoms with Crippen LogP contribution in [0.3, 0.4) is 0 Å². The molecule has 1 aromatic rings. The molecule has 0 aliphatic rings. The molecule has 0 fully saturated rings. The molecule has 0 saturated heterocycles. The zero-order valence-electron chi connectivity index (χ0n) is 10.3. The lowest BCUT2D eigenvalue weighted by molar-refractivity contribution is 0.687. The first-order valence-corrected chi connectivity index (χ1v) is 5.60. The number of hydrogen-bond acceptors (Lipinski definition) is 2. The third kappa shape index (κ3) is 3.31. The van der Waals surface area contributed by atoms with E-state index in [9.17, 15) is 0 Å². The molecule has 0 heterocycles. The summed E-state index contributed by atoms with van der Waals surface area (Å²) >= 11 is 0. The van der Waals surface area contributed by atoms with Gasteiger partial charge in [0.1, 0.15) is 0 Å². The molecule has 0 spiro atoms. The lowest BCUT2D eigenvalue weighted by Crippen LogP contribution is -2.15. The minimum absolute atomic E-state index is 0.104. The second-order valence-corrected chi connectivity index (χ2v) is 4.11. The molecule has 0 radical (unpaired) electrons. The maximum absolute atomic E-state index is 5.75. The molecule has 0 aliphatic carbocycles. The summed E-state index contributed by atoms with van der Waals surface area (Å²) < 4.78 is 0. The standard InChI is InChI=1S/C14H20N2/c1-5-14(15)16-9-13-8-12(10(2)3)7-6-11(13)4/h6-9,14H,2,5,15H2,1,3-4H3/b16-9-. The molecule has 0 bridgehead atoms. The van der Waals surface area contributed by atoms with Crippen LogP contribution in [0.5, 0.6) is 0 Å². The van der Waals surface area contributed by atoms with E-state index in [-0.39, 0.29) is 6.17 Å². The third-order valence-electron chi connectivity index (χ3n) is 2.60. The summed E-state index contributed by atoms with van der Waals surface area (Å²) in [6, 6.07) is 6.27. The first-order valence-electron chi connectivity index (χ1n) is 5.60. The monoisotopic (exact) mass is 216 g/mol. The van der Waals surface area contributed by atoms with Crippen molar-refractivity contribution in [2.45, 2.75) is 33.4 Å². The molecule has 2 heteroatoms. The zero-order valence-corrected chi connectivity index (χ0v) is 10.3. The van der Waals surface area contributed by atoms with Crippen molar-refractivity contribution in [1.29, 1.82) is 0 Å². The van der Waals surface area contributed by atoms with Crippen molar-refractivity contribution in [3.8, 4) is 0 Å². The third-order valence-corrected chi connectivity index (χ3v) is 2.60. The normalized spacial score (nSPS) is 13.0. The van der Waals surface area contributed by atoms with E-state index in [1.807, 2.05) is 20.1 Å². The van der Waals surface area contributed by atoms with E-state index in [4.69, 9.17) is 5.73 Å². The predicted molar refractivity (Wildman–Crippen MR) is 71.7 cm³/mol. The fourth-order valence-corrected chi connectivity index (χ4v) is 1.33. The summed E-state index contributed by atoms with van der Waals surface area (Å²) in [5.41, 5.74) is 10.3. The van der Waals surface area contributed by atoms with Gasteiger partial charge in [0.05, 0.1) is 6.17 Å². The molecule has 1 atom stereocenters. The van der Waals surface area contributed by atoms with Crippen molar-refractivity contribution >= 4 is 11.8 Å². The Labute approximate surface area is 97.9 Å². The Morgan fingerprint density at radius 3 is 2.81 bits per heavy atom. The minimum Gasteiger partial charge on any atom is -0.310 e. The van der Waals surface area contributed by atoms with Gasteiger partial charge < -0.3 is 5.73 Å². The van der Waals surface area contributed by atoms with Crippen molar-refractivity contribution in [3.63, 3.8) is 0 Å². The van der Waals surface area contributed by atoms with Crippen LogP contribution >= 0.6 is 0 Å². The number of allylic oxidation sites excluding steroid dienone is 1. The van der Waals surface area contributed by atoms with Crippen LogP contribution in [-0.4, -0.2) is 12.4 Å². The largest absolute Gasteiger partial charge is 0.310 e. The summed E-state index contributed by atoms with van der Waals surface area (Å²) in [5, 5.41) is 0. The van der Waals surface area contributed by atoms with Crippen LogP contribution in [0.25, 0.3) is 5.57 Å². The van der Waals surface area contributed by atoms with Crippen molar-refractivity contribution in [2.75, 3.05) is 0 Å². The zero-order chi connectivity index (χ0) is 12.1. The van der Waals surface area contributed by atoms with E-state index in [1.54, 1.807) is 0 Å². The Morgan fingerprint density at radius 1 is 1.56 bits per heavy atom. The fourth-order valence-electron chi connectivity index (χ4n) is 1.33. The van der Waals surface area contributed by atoms with Gasteiger partial charge in [-0.2, -0.15) is 0 Å². The quantitative estimate of drug-likeness (QED) is 0.771. The van der Waals surface area contributed by atoms with Crippen molar-refractivity contribution in [1.82, 2.24) is 0 Å². The van der Waals surface area contributed by atoms with Crippen LogP contribution in [0.1, 0.15) is 37.0 Å². The molecule has 0 amide bonds. The van der Waals surface area contributed by atoms with E-state index in [1.165, 1.54) is 5.56 Å². The topological polar surface area (TPSA) is 38.4 Å². The maximum atomic E-state index is 5.75. The highest BCUT2D eigenvalue weighted by Gasteiger charge is 1.99. The van der Waals surface area contributed by atoms with Crippen LogP contribution in [-0.2, 0) is 0 Å². The second-order valence-electron chi connectivity index (χ2n) is 4.11. The Balaban J connectivity index is 2.98. The van der Waals surface area contributed by atoms with Gasteiger partial charge in [0.2, 0.25) is 0 Å². The average Bonchev–Trinajstić information content (AvgIpc) is 2.27. The van der Waals surface area contributed by atoms with Gasteiger partial charge in [-0.1, -0.05) is 31.2 Å². The molecular weight excluding hydrogens is 196 g/mol. The molecule has 1 rings (SSSR count). The summed E-state index contributed by atoms with van der Waals surface area (Å²) in [6.45, 7) is 10.0. The van der Waals surface area contributed by atoms with E-state index in [0.29, 0.717) is 0 Å². The minimum atomic E-state index is -0.104. The van der Waals surface area contributed by atoms with Gasteiger partial charge in [-0.05, 0) is 43.0 Å². The van der Waals surface area contributed by atoms with Crippen LogP contribution in [0.2, 0.25) is 0 Å². The van der Waals surface area contributed by atoms with Gasteiger partial charge in [0, 0.05) is 6.21 Å². The molecule has 2 nitrogen and oxygen atoms in total. The molecule has 86 valence electrons. The van der Waals surface area contributed by atoms with Crippen LogP contribution < -0.4 is 5.73 Å². The Bertz CT molecular complexity index is 405. The summed E-state index contributed by atoms with van der Waals surface area (Å²) in [6.07, 6.45) is 2.61. The lowest BCUT2D eigenvalue weighted by atomic mass is 10.0. The second kappa shape index (κ2) is 5.61. The first kappa shape index (κ1) is 12.7. The number of benzene rings is 1. The highest BCUT2D eigenvalue weighted by atomic mass is 14.9. The van der Waals surface area contributed by atoms with Gasteiger partial charge in [-0.3, -0.25) is 4.99 Å². The van der Waals surface area contributed by atoms with E-state index < -0.39 is 0 Å². The average molecular weight is 216 g/mol. The number of hydrogen-bond donors (Lipinski definition) is 1. The number of rotatable bonds is 4. The number of nitrogens with zero attached hydrogens (tertiary/aromatic N) is 1. The summed E-state index contributed by atoms with van der Waals surface area (Å²) in [4.78, 5) is 4.30. The Hall–Kier alpha value is -1.41. The molecular formula is C14H20N2. The van der Waals surface area contributed by atoms with Crippen LogP contribution in [0.15, 0.2) is 29.8 Å². The molecule has 0 aromatic heterocycles. The Kier molecular flexibility index (Phi) is 4.44. The highest BCUT2D eigenvalue weighted by Crippen LogP contribution is 2.15. The van der Waals surface area contributed by atoms with E-state index in [0.717, 1.165) is 23.1 Å². The summed E-state index contributed by atoms with van der Waals surface area (Å²) in [5.74, 6) is 0. The number of aliphatic imine (C=N–C) groups is 1. The smallest absolute Gasteiger partial charge is 0.0966 e. The number of nitrogens with two attached hydrogens (primary N) is 1. The Morgan fingerprint density at radius 2 is 2.25 bits per heavy atom. The molecule has 2 N–H and O–H groups in total. The number of aryl methyl sites for hydroxylation is 1. The SMILES string of the molecule is C=C(C)c1ccc(C)c(/C=N\C(N)CC)c1. The van der Waals surface area contributed by atoms with Gasteiger partial charge >= 0.3 is 0 Å². The van der Waals surface area contributed by atoms with Crippen LogP contribution in [0.4, 0.5) is 0 Å². The maximum Gasteiger partial charge on any atom is 0.0966 e.